The molecule has 3 aromatic carbocycles. The summed E-state index contributed by atoms with van der Waals surface area (Å²) >= 11 is 3.73. The largest absolute Gasteiger partial charge is 0.497 e. The van der Waals surface area contributed by atoms with Crippen molar-refractivity contribution in [2.45, 2.75) is 63.9 Å². The van der Waals surface area contributed by atoms with Gasteiger partial charge in [0, 0.05) is 35.5 Å². The molecule has 0 aliphatic carbocycles. The Morgan fingerprint density at radius 1 is 1.14 bits per heavy atom. The Hall–Kier alpha value is -3.53. The van der Waals surface area contributed by atoms with Gasteiger partial charge in [-0.25, -0.2) is 0 Å². The van der Waals surface area contributed by atoms with Gasteiger partial charge in [0.15, 0.2) is 5.60 Å². The first-order valence-corrected chi connectivity index (χ1v) is 15.8. The molecule has 2 aliphatic heterocycles. The number of hydrogen-bond acceptors (Lipinski definition) is 6. The molecule has 0 bridgehead atoms. The zero-order valence-electron chi connectivity index (χ0n) is 26.0. The number of likely N-dealkylation sites (N-methyl/N-ethyl adjacent to an activating group) is 1. The van der Waals surface area contributed by atoms with Crippen molar-refractivity contribution in [3.8, 4) is 5.75 Å². The number of methoxy groups -OCH3 is 1. The van der Waals surface area contributed by atoms with E-state index in [-0.39, 0.29) is 29.3 Å². The van der Waals surface area contributed by atoms with Crippen molar-refractivity contribution in [2.75, 3.05) is 19.1 Å². The first-order valence-electron chi connectivity index (χ1n) is 15.0. The molecule has 6 rings (SSSR count). The molecule has 5 atom stereocenters. The fourth-order valence-corrected chi connectivity index (χ4v) is 8.37. The van der Waals surface area contributed by atoms with Crippen molar-refractivity contribution in [3.05, 3.63) is 105 Å². The summed E-state index contributed by atoms with van der Waals surface area (Å²) in [6.07, 6.45) is 1.28. The van der Waals surface area contributed by atoms with E-state index in [1.165, 1.54) is 0 Å². The lowest BCUT2D eigenvalue weighted by Gasteiger charge is -2.38. The smallest absolute Gasteiger partial charge is 0.264 e. The molecule has 1 amide bonds. The first kappa shape index (κ1) is 30.5. The maximum Gasteiger partial charge on any atom is 0.264 e. The molecule has 0 saturated carbocycles. The first-order chi connectivity index (χ1) is 21.0. The van der Waals surface area contributed by atoms with Crippen LogP contribution in [0.15, 0.2) is 77.4 Å². The monoisotopic (exact) mass is 658 g/mol. The summed E-state index contributed by atoms with van der Waals surface area (Å²) in [6, 6.07) is 21.8. The summed E-state index contributed by atoms with van der Waals surface area (Å²) in [6.45, 7) is 9.21. The van der Waals surface area contributed by atoms with Crippen molar-refractivity contribution in [2.24, 2.45) is 11.8 Å². The number of fused-ring (bicyclic) bond motifs is 2. The Labute approximate surface area is 267 Å². The van der Waals surface area contributed by atoms with E-state index in [4.69, 9.17) is 9.47 Å². The zero-order valence-corrected chi connectivity index (χ0v) is 27.6. The van der Waals surface area contributed by atoms with Crippen molar-refractivity contribution in [1.82, 2.24) is 15.0 Å². The number of rotatable bonds is 8. The molecular formula is C35H39BrN4O4. The number of hydrogen-bond donors (Lipinski definition) is 1. The number of carbonyl (C=O) groups is 1. The fraction of sp³-hybridized carbons (Fsp3) is 0.400. The SMILES string of the molecule is COc1ccc(C(C)(C)[C@H]2[C@H](CCn3cc([C@H](O)c4ccccc4)nn3)O[C@@]3(C(=O)N(C)c4c(Br)cc(C)cc43)[C@@H]2C)cc1. The van der Waals surface area contributed by atoms with E-state index in [1.54, 1.807) is 22.9 Å². The van der Waals surface area contributed by atoms with E-state index in [9.17, 15) is 9.90 Å². The summed E-state index contributed by atoms with van der Waals surface area (Å²) in [5.41, 5.74) is 3.79. The minimum Gasteiger partial charge on any atom is -0.497 e. The van der Waals surface area contributed by atoms with Crippen LogP contribution in [0.5, 0.6) is 5.75 Å². The molecule has 44 heavy (non-hydrogen) atoms. The summed E-state index contributed by atoms with van der Waals surface area (Å²) < 4.78 is 15.2. The number of aryl methyl sites for hydroxylation is 2. The number of amides is 1. The van der Waals surface area contributed by atoms with Crippen LogP contribution in [0.3, 0.4) is 0 Å². The third-order valence-electron chi connectivity index (χ3n) is 9.75. The van der Waals surface area contributed by atoms with Crippen LogP contribution in [0.4, 0.5) is 5.69 Å². The number of carbonyl (C=O) groups excluding carboxylic acids is 1. The van der Waals surface area contributed by atoms with Crippen LogP contribution in [0, 0.1) is 18.8 Å². The zero-order chi connectivity index (χ0) is 31.4. The van der Waals surface area contributed by atoms with Crippen molar-refractivity contribution in [3.63, 3.8) is 0 Å². The number of benzene rings is 3. The molecule has 0 unspecified atom stereocenters. The second-order valence-corrected chi connectivity index (χ2v) is 13.5. The van der Waals surface area contributed by atoms with Gasteiger partial charge in [-0.3, -0.25) is 9.48 Å². The highest BCUT2D eigenvalue weighted by molar-refractivity contribution is 9.10. The number of aromatic nitrogens is 3. The summed E-state index contributed by atoms with van der Waals surface area (Å²) in [5.74, 6) is 0.602. The predicted molar refractivity (Wildman–Crippen MR) is 173 cm³/mol. The van der Waals surface area contributed by atoms with Gasteiger partial charge in [-0.2, -0.15) is 0 Å². The van der Waals surface area contributed by atoms with Gasteiger partial charge >= 0.3 is 0 Å². The summed E-state index contributed by atoms with van der Waals surface area (Å²) in [7, 11) is 3.50. The van der Waals surface area contributed by atoms with Gasteiger partial charge in [0.2, 0.25) is 0 Å². The third-order valence-corrected chi connectivity index (χ3v) is 10.3. The molecule has 1 aromatic heterocycles. The minimum absolute atomic E-state index is 0.0172. The Morgan fingerprint density at radius 3 is 2.52 bits per heavy atom. The molecular weight excluding hydrogens is 620 g/mol. The highest BCUT2D eigenvalue weighted by Crippen LogP contribution is 2.60. The summed E-state index contributed by atoms with van der Waals surface area (Å²) in [4.78, 5) is 16.0. The van der Waals surface area contributed by atoms with Gasteiger partial charge in [0.1, 0.15) is 17.5 Å². The molecule has 3 heterocycles. The normalized spacial score (nSPS) is 23.8. The second-order valence-electron chi connectivity index (χ2n) is 12.7. The van der Waals surface area contributed by atoms with Gasteiger partial charge in [-0.1, -0.05) is 74.5 Å². The van der Waals surface area contributed by atoms with Gasteiger partial charge in [0.05, 0.1) is 25.1 Å². The molecule has 1 N–H and O–H groups in total. The molecule has 8 nitrogen and oxygen atoms in total. The quantitative estimate of drug-likeness (QED) is 0.238. The molecule has 1 saturated heterocycles. The number of halogens is 1. The van der Waals surface area contributed by atoms with Gasteiger partial charge in [-0.05, 0) is 69.6 Å². The van der Waals surface area contributed by atoms with E-state index in [0.717, 1.165) is 38.2 Å². The standard InChI is InChI=1S/C35H39BrN4O4/c1-21-18-26-31(27(36)19-21)39(5)33(42)35(26)22(2)30(34(3,4)24-12-14-25(43-6)15-13-24)29(44-35)16-17-40-20-28(37-38-40)32(41)23-10-8-7-9-11-23/h7-15,18-20,22,29-30,32,41H,16-17H2,1-6H3/t22-,29+,30-,32-,35+/m1/s1. The van der Waals surface area contributed by atoms with Gasteiger partial charge < -0.3 is 19.5 Å². The maximum absolute atomic E-state index is 14.3. The van der Waals surface area contributed by atoms with Crippen LogP contribution in [0.25, 0.3) is 0 Å². The van der Waals surface area contributed by atoms with E-state index < -0.39 is 11.7 Å². The molecule has 9 heteroatoms. The highest BCUT2D eigenvalue weighted by Gasteiger charge is 2.65. The van der Waals surface area contributed by atoms with Gasteiger partial charge in [0.25, 0.3) is 5.91 Å². The second kappa shape index (κ2) is 11.4. The average Bonchev–Trinajstić information content (AvgIpc) is 3.67. The number of anilines is 1. The van der Waals surface area contributed by atoms with Crippen LogP contribution in [0.1, 0.15) is 61.2 Å². The van der Waals surface area contributed by atoms with Crippen molar-refractivity contribution < 1.29 is 19.4 Å². The Bertz CT molecular complexity index is 1670. The lowest BCUT2D eigenvalue weighted by atomic mass is 9.63. The lowest BCUT2D eigenvalue weighted by molar-refractivity contribution is -0.145. The molecule has 0 radical (unpaired) electrons. The van der Waals surface area contributed by atoms with E-state index >= 15 is 0 Å². The number of aliphatic hydroxyl groups is 1. The Balaban J connectivity index is 1.36. The topological polar surface area (TPSA) is 89.7 Å². The molecule has 4 aromatic rings. The van der Waals surface area contributed by atoms with Crippen LogP contribution >= 0.6 is 15.9 Å². The van der Waals surface area contributed by atoms with E-state index in [0.29, 0.717) is 18.7 Å². The van der Waals surface area contributed by atoms with Crippen molar-refractivity contribution >= 4 is 27.5 Å². The number of aliphatic hydroxyl groups excluding tert-OH is 1. The van der Waals surface area contributed by atoms with Crippen LogP contribution in [0.2, 0.25) is 0 Å². The Morgan fingerprint density at radius 2 is 1.84 bits per heavy atom. The highest BCUT2D eigenvalue weighted by atomic mass is 79.9. The van der Waals surface area contributed by atoms with E-state index in [1.807, 2.05) is 62.5 Å². The minimum atomic E-state index is -1.12. The van der Waals surface area contributed by atoms with Crippen LogP contribution in [-0.4, -0.2) is 46.3 Å². The lowest BCUT2D eigenvalue weighted by Crippen LogP contribution is -2.45. The molecule has 230 valence electrons. The Kier molecular flexibility index (Phi) is 7.93. The van der Waals surface area contributed by atoms with E-state index in [2.05, 4.69) is 65.2 Å². The molecule has 2 aliphatic rings. The van der Waals surface area contributed by atoms with Crippen molar-refractivity contribution in [1.29, 1.82) is 0 Å². The predicted octanol–water partition coefficient (Wildman–Crippen LogP) is 6.33. The van der Waals surface area contributed by atoms with Crippen LogP contribution < -0.4 is 9.64 Å². The van der Waals surface area contributed by atoms with Crippen LogP contribution in [-0.2, 0) is 27.1 Å². The maximum atomic E-state index is 14.3. The number of nitrogens with zero attached hydrogens (tertiary/aromatic N) is 4. The molecule has 1 spiro atoms. The number of ether oxygens (including phenoxy) is 2. The van der Waals surface area contributed by atoms with Gasteiger partial charge in [-0.15, -0.1) is 5.10 Å². The third kappa shape index (κ3) is 4.86. The average molecular weight is 660 g/mol. The fourth-order valence-electron chi connectivity index (χ4n) is 7.53. The summed E-state index contributed by atoms with van der Waals surface area (Å²) in [5, 5.41) is 19.5. The molecule has 1 fully saturated rings.